The lowest BCUT2D eigenvalue weighted by molar-refractivity contribution is 0.331. The van der Waals surface area contributed by atoms with Crippen molar-refractivity contribution < 1.29 is 0 Å². The Morgan fingerprint density at radius 1 is 0.463 bits per heavy atom. The molecule has 0 amide bonds. The first kappa shape index (κ1) is 49.0. The summed E-state index contributed by atoms with van der Waals surface area (Å²) in [5.41, 5.74) is 26.7. The van der Waals surface area contributed by atoms with E-state index in [1.807, 2.05) is 11.3 Å². The van der Waals surface area contributed by atoms with Gasteiger partial charge in [-0.1, -0.05) is 208 Å². The molecule has 0 bridgehead atoms. The van der Waals surface area contributed by atoms with Crippen LogP contribution in [0.25, 0.3) is 53.6 Å². The maximum absolute atomic E-state index is 2.77. The van der Waals surface area contributed by atoms with Crippen LogP contribution >= 0.6 is 11.3 Å². The molecule has 3 aliphatic heterocycles. The summed E-state index contributed by atoms with van der Waals surface area (Å²) in [4.78, 5) is 7.95. The van der Waals surface area contributed by atoms with Crippen molar-refractivity contribution in [2.75, 3.05) is 14.6 Å². The van der Waals surface area contributed by atoms with Crippen molar-refractivity contribution in [2.24, 2.45) is 0 Å². The van der Waals surface area contributed by atoms with E-state index in [1.54, 1.807) is 0 Å². The van der Waals surface area contributed by atoms with Crippen molar-refractivity contribution in [1.82, 2.24) is 0 Å². The van der Waals surface area contributed by atoms with Crippen LogP contribution in [0.5, 0.6) is 0 Å². The number of hydrogen-bond donors (Lipinski definition) is 0. The van der Waals surface area contributed by atoms with Crippen LogP contribution in [-0.4, -0.2) is 6.85 Å². The fourth-order valence-electron chi connectivity index (χ4n) is 14.3. The lowest BCUT2D eigenvalue weighted by Crippen LogP contribution is -2.62. The fourth-order valence-corrected chi connectivity index (χ4v) is 15.5. The molecule has 11 aromatic rings. The lowest BCUT2D eigenvalue weighted by Gasteiger charge is -2.52. The van der Waals surface area contributed by atoms with Crippen LogP contribution < -0.4 is 25.5 Å². The Morgan fingerprint density at radius 3 is 1.69 bits per heavy atom. The minimum atomic E-state index is -0.278. The molecule has 1 aromatic heterocycles. The van der Waals surface area contributed by atoms with Gasteiger partial charge in [-0.05, 0) is 162 Å². The number of para-hydroxylation sites is 1. The Balaban J connectivity index is 1.03. The summed E-state index contributed by atoms with van der Waals surface area (Å²) < 4.78 is 2.67. The van der Waals surface area contributed by atoms with E-state index in [0.29, 0.717) is 0 Å². The standard InChI is InChI=1S/C75H66BN3S/c1-72(2,3)51-31-37-53(38-32-51)77(52-33-27-49(28-34-52)47-19-12-10-13-20-47)55-39-40-56-58-44-59-57-23-16-17-26-67(57)80-71(59)70-68(58)76(79(65(56)43-55)54-35-29-50(30-36-54)48-21-14-11-15-22-48)64-25-18-24-60-69(64)78(70)66-46-62-61(45-63(66)75(60,8)9)73(4,5)41-42-74(62,6)7/h10-40,43-46H,41-42H2,1-9H3. The van der Waals surface area contributed by atoms with Gasteiger partial charge in [0.05, 0.1) is 16.1 Å². The van der Waals surface area contributed by atoms with Gasteiger partial charge >= 0.3 is 6.85 Å². The Hall–Kier alpha value is -8.12. The third-order valence-electron chi connectivity index (χ3n) is 18.8. The topological polar surface area (TPSA) is 9.72 Å². The molecule has 4 aliphatic rings. The number of thiophene rings is 1. The van der Waals surface area contributed by atoms with Crippen LogP contribution in [-0.2, 0) is 21.7 Å². The van der Waals surface area contributed by atoms with E-state index in [4.69, 9.17) is 0 Å². The van der Waals surface area contributed by atoms with E-state index >= 15 is 0 Å². The molecular formula is C75H66BN3S. The third kappa shape index (κ3) is 7.32. The van der Waals surface area contributed by atoms with Gasteiger partial charge < -0.3 is 14.6 Å². The number of fused-ring (bicyclic) bond motifs is 11. The highest BCUT2D eigenvalue weighted by atomic mass is 32.1. The van der Waals surface area contributed by atoms with Gasteiger partial charge in [0.1, 0.15) is 0 Å². The highest BCUT2D eigenvalue weighted by molar-refractivity contribution is 7.26. The van der Waals surface area contributed by atoms with Gasteiger partial charge in [0.2, 0.25) is 0 Å². The molecule has 0 unspecified atom stereocenters. The maximum Gasteiger partial charge on any atom is 0.333 e. The summed E-state index contributed by atoms with van der Waals surface area (Å²) >= 11 is 1.96. The molecule has 1 aliphatic carbocycles. The minimum Gasteiger partial charge on any atom is -0.376 e. The molecule has 0 spiro atoms. The summed E-state index contributed by atoms with van der Waals surface area (Å²) in [5, 5.41) is 2.63. The first-order chi connectivity index (χ1) is 38.5. The number of rotatable bonds is 6. The first-order valence-corrected chi connectivity index (χ1v) is 29.6. The monoisotopic (exact) mass is 1050 g/mol. The normalized spacial score (nSPS) is 15.9. The SMILES string of the molecule is CC(C)(C)c1ccc(N(c2ccc(-c3ccccc3)cc2)c2ccc3c(c2)N(c2ccc(-c4ccccc4)cc2)B2c4cccc5c4N(c4cc6c(cc4C5(C)C)C(C)(C)CCC6(C)C)c4c2c-3cc2c4sc3ccccc32)cc1. The molecule has 0 radical (unpaired) electrons. The second-order valence-corrected chi connectivity index (χ2v) is 27.0. The molecule has 0 N–H and O–H groups in total. The predicted octanol–water partition coefficient (Wildman–Crippen LogP) is 19.9. The van der Waals surface area contributed by atoms with Crippen LogP contribution in [0.3, 0.4) is 0 Å². The van der Waals surface area contributed by atoms with Crippen molar-refractivity contribution in [3.05, 3.63) is 240 Å². The molecular weight excluding hydrogens is 986 g/mol. The smallest absolute Gasteiger partial charge is 0.333 e. The average Bonchev–Trinajstić information content (AvgIpc) is 1.58. The van der Waals surface area contributed by atoms with Crippen molar-refractivity contribution in [2.45, 2.75) is 96.8 Å². The number of hydrogen-bond acceptors (Lipinski definition) is 4. The second kappa shape index (κ2) is 17.4. The molecule has 5 heteroatoms. The second-order valence-electron chi connectivity index (χ2n) is 26.0. The average molecular weight is 1050 g/mol. The molecule has 0 saturated heterocycles. The zero-order valence-electron chi connectivity index (χ0n) is 47.4. The van der Waals surface area contributed by atoms with Crippen LogP contribution in [0, 0.1) is 0 Å². The van der Waals surface area contributed by atoms with Crippen LogP contribution in [0.1, 0.15) is 103 Å². The molecule has 0 saturated carbocycles. The summed E-state index contributed by atoms with van der Waals surface area (Å²) in [6, 6.07) is 80.9. The molecule has 15 rings (SSSR count). The van der Waals surface area contributed by atoms with E-state index in [-0.39, 0.29) is 28.5 Å². The van der Waals surface area contributed by atoms with Gasteiger partial charge in [-0.15, -0.1) is 11.3 Å². The van der Waals surface area contributed by atoms with E-state index in [0.717, 1.165) is 29.2 Å². The largest absolute Gasteiger partial charge is 0.376 e. The Labute approximate surface area is 476 Å². The van der Waals surface area contributed by atoms with Crippen molar-refractivity contribution >= 4 is 94.8 Å². The van der Waals surface area contributed by atoms with Crippen molar-refractivity contribution in [3.63, 3.8) is 0 Å². The molecule has 4 heterocycles. The Bertz CT molecular complexity index is 4300. The molecule has 3 nitrogen and oxygen atoms in total. The zero-order valence-corrected chi connectivity index (χ0v) is 48.3. The molecule has 80 heavy (non-hydrogen) atoms. The van der Waals surface area contributed by atoms with E-state index in [1.165, 1.54) is 121 Å². The fraction of sp³-hybridized carbons (Fsp3) is 0.200. The predicted molar refractivity (Wildman–Crippen MR) is 345 cm³/mol. The van der Waals surface area contributed by atoms with Gasteiger partial charge in [-0.25, -0.2) is 0 Å². The quantitative estimate of drug-likeness (QED) is 0.154. The number of nitrogens with zero attached hydrogens (tertiary/aromatic N) is 3. The minimum absolute atomic E-state index is 0.0188. The Kier molecular flexibility index (Phi) is 10.7. The van der Waals surface area contributed by atoms with Gasteiger partial charge in [0, 0.05) is 60.6 Å². The number of anilines is 8. The first-order valence-electron chi connectivity index (χ1n) is 28.8. The van der Waals surface area contributed by atoms with Crippen molar-refractivity contribution in [1.29, 1.82) is 0 Å². The summed E-state index contributed by atoms with van der Waals surface area (Å²) in [6.45, 7) is 21.6. The van der Waals surface area contributed by atoms with Gasteiger partial charge in [-0.2, -0.15) is 0 Å². The molecule has 0 fully saturated rings. The Morgan fingerprint density at radius 2 is 1.04 bits per heavy atom. The molecule has 10 aromatic carbocycles. The van der Waals surface area contributed by atoms with Crippen LogP contribution in [0.2, 0.25) is 0 Å². The maximum atomic E-state index is 2.77. The summed E-state index contributed by atoms with van der Waals surface area (Å²) in [5.74, 6) is 0. The number of benzene rings is 10. The highest BCUT2D eigenvalue weighted by Crippen LogP contribution is 2.60. The highest BCUT2D eigenvalue weighted by Gasteiger charge is 2.52. The third-order valence-corrected chi connectivity index (χ3v) is 20.0. The molecule has 390 valence electrons. The van der Waals surface area contributed by atoms with Crippen LogP contribution in [0.15, 0.2) is 212 Å². The summed E-state index contributed by atoms with van der Waals surface area (Å²) in [7, 11) is 0. The van der Waals surface area contributed by atoms with E-state index in [9.17, 15) is 0 Å². The lowest BCUT2D eigenvalue weighted by atomic mass is 9.42. The van der Waals surface area contributed by atoms with Crippen LogP contribution in [0.4, 0.5) is 45.5 Å². The van der Waals surface area contributed by atoms with E-state index < -0.39 is 0 Å². The summed E-state index contributed by atoms with van der Waals surface area (Å²) in [6.07, 6.45) is 2.34. The van der Waals surface area contributed by atoms with E-state index in [2.05, 4.69) is 289 Å². The van der Waals surface area contributed by atoms with Gasteiger partial charge in [0.25, 0.3) is 0 Å². The van der Waals surface area contributed by atoms with Gasteiger partial charge in [-0.3, -0.25) is 0 Å². The van der Waals surface area contributed by atoms with Crippen molar-refractivity contribution in [3.8, 4) is 33.4 Å². The van der Waals surface area contributed by atoms with Gasteiger partial charge in [0.15, 0.2) is 0 Å². The zero-order chi connectivity index (χ0) is 54.6. The molecule has 0 atom stereocenters.